The standard InChI is InChI=1S/C19H20Cl2O4/c20-17-6-3-7-18(21)16(17)12-14-4-1-2-5-15(14)13-19(23)25-11-10-24-9-8-22/h1-7,22H,8-13H2. The Morgan fingerprint density at radius 3 is 2.28 bits per heavy atom. The second-order valence-electron chi connectivity index (χ2n) is 5.38. The number of hydrogen-bond donors (Lipinski definition) is 1. The molecule has 25 heavy (non-hydrogen) atoms. The van der Waals surface area contributed by atoms with Crippen molar-refractivity contribution in [2.24, 2.45) is 0 Å². The average molecular weight is 383 g/mol. The van der Waals surface area contributed by atoms with Crippen LogP contribution < -0.4 is 0 Å². The third kappa shape index (κ3) is 6.33. The lowest BCUT2D eigenvalue weighted by atomic mass is 9.98. The van der Waals surface area contributed by atoms with Gasteiger partial charge in [-0.2, -0.15) is 0 Å². The van der Waals surface area contributed by atoms with Gasteiger partial charge in [-0.05, 0) is 28.8 Å². The number of carbonyl (C=O) groups excluding carboxylic acids is 1. The maximum atomic E-state index is 12.0. The van der Waals surface area contributed by atoms with E-state index >= 15 is 0 Å². The molecule has 0 heterocycles. The zero-order valence-electron chi connectivity index (χ0n) is 13.7. The van der Waals surface area contributed by atoms with Crippen LogP contribution in [0.25, 0.3) is 0 Å². The molecule has 0 aliphatic heterocycles. The zero-order valence-corrected chi connectivity index (χ0v) is 15.2. The van der Waals surface area contributed by atoms with Gasteiger partial charge in [0.1, 0.15) is 6.61 Å². The van der Waals surface area contributed by atoms with E-state index in [1.807, 2.05) is 24.3 Å². The molecule has 0 atom stereocenters. The highest BCUT2D eigenvalue weighted by molar-refractivity contribution is 6.36. The van der Waals surface area contributed by atoms with E-state index in [4.69, 9.17) is 37.8 Å². The van der Waals surface area contributed by atoms with Crippen molar-refractivity contribution in [2.75, 3.05) is 26.4 Å². The highest BCUT2D eigenvalue weighted by Crippen LogP contribution is 2.28. The van der Waals surface area contributed by atoms with Crippen molar-refractivity contribution in [3.05, 3.63) is 69.2 Å². The Labute approximate surface area is 157 Å². The Hall–Kier alpha value is -1.59. The Morgan fingerprint density at radius 2 is 1.60 bits per heavy atom. The molecule has 0 aliphatic rings. The highest BCUT2D eigenvalue weighted by Gasteiger charge is 2.12. The Bertz CT molecular complexity index is 683. The largest absolute Gasteiger partial charge is 0.463 e. The molecule has 0 aliphatic carbocycles. The second kappa shape index (κ2) is 10.4. The molecule has 0 spiro atoms. The van der Waals surface area contributed by atoms with Gasteiger partial charge in [-0.1, -0.05) is 53.5 Å². The first-order valence-corrected chi connectivity index (χ1v) is 8.71. The smallest absolute Gasteiger partial charge is 0.310 e. The van der Waals surface area contributed by atoms with E-state index < -0.39 is 0 Å². The number of esters is 1. The number of halogens is 2. The summed E-state index contributed by atoms with van der Waals surface area (Å²) in [5, 5.41) is 9.81. The van der Waals surface area contributed by atoms with Crippen molar-refractivity contribution in [3.8, 4) is 0 Å². The zero-order chi connectivity index (χ0) is 18.1. The summed E-state index contributed by atoms with van der Waals surface area (Å²) in [6, 6.07) is 13.0. The molecule has 6 heteroatoms. The number of ether oxygens (including phenoxy) is 2. The topological polar surface area (TPSA) is 55.8 Å². The quantitative estimate of drug-likeness (QED) is 0.530. The number of aliphatic hydroxyl groups excluding tert-OH is 1. The molecule has 2 rings (SSSR count). The van der Waals surface area contributed by atoms with Gasteiger partial charge in [-0.25, -0.2) is 0 Å². The van der Waals surface area contributed by atoms with Gasteiger partial charge in [0.05, 0.1) is 26.2 Å². The third-order valence-corrected chi connectivity index (χ3v) is 4.32. The van der Waals surface area contributed by atoms with E-state index in [-0.39, 0.29) is 38.8 Å². The van der Waals surface area contributed by atoms with Crippen molar-refractivity contribution >= 4 is 29.2 Å². The maximum Gasteiger partial charge on any atom is 0.310 e. The predicted octanol–water partition coefficient (Wildman–Crippen LogP) is 3.68. The van der Waals surface area contributed by atoms with Crippen molar-refractivity contribution in [1.82, 2.24) is 0 Å². The summed E-state index contributed by atoms with van der Waals surface area (Å²) in [4.78, 5) is 12.0. The van der Waals surface area contributed by atoms with Gasteiger partial charge in [0, 0.05) is 16.5 Å². The fraction of sp³-hybridized carbons (Fsp3) is 0.316. The number of hydrogen-bond acceptors (Lipinski definition) is 4. The summed E-state index contributed by atoms with van der Waals surface area (Å²) in [5.74, 6) is -0.328. The SMILES string of the molecule is O=C(Cc1ccccc1Cc1c(Cl)cccc1Cl)OCCOCCO. The van der Waals surface area contributed by atoms with Crippen LogP contribution in [0.4, 0.5) is 0 Å². The third-order valence-electron chi connectivity index (χ3n) is 3.61. The van der Waals surface area contributed by atoms with Crippen LogP contribution in [0.3, 0.4) is 0 Å². The minimum absolute atomic E-state index is 0.0497. The summed E-state index contributed by atoms with van der Waals surface area (Å²) >= 11 is 12.5. The molecular weight excluding hydrogens is 363 g/mol. The summed E-state index contributed by atoms with van der Waals surface area (Å²) < 4.78 is 10.2. The van der Waals surface area contributed by atoms with Crippen molar-refractivity contribution in [3.63, 3.8) is 0 Å². The van der Waals surface area contributed by atoms with Crippen molar-refractivity contribution in [1.29, 1.82) is 0 Å². The first-order valence-electron chi connectivity index (χ1n) is 7.95. The summed E-state index contributed by atoms with van der Waals surface area (Å²) in [5.41, 5.74) is 2.69. The molecule has 0 saturated heterocycles. The molecule has 4 nitrogen and oxygen atoms in total. The van der Waals surface area contributed by atoms with Crippen LogP contribution in [0.1, 0.15) is 16.7 Å². The highest BCUT2D eigenvalue weighted by atomic mass is 35.5. The molecule has 0 amide bonds. The number of benzene rings is 2. The lowest BCUT2D eigenvalue weighted by Gasteiger charge is -2.12. The van der Waals surface area contributed by atoms with Gasteiger partial charge in [0.25, 0.3) is 0 Å². The van der Waals surface area contributed by atoms with Crippen LogP contribution in [0.2, 0.25) is 10.0 Å². The van der Waals surface area contributed by atoms with Gasteiger partial charge < -0.3 is 14.6 Å². The molecular formula is C19H20Cl2O4. The average Bonchev–Trinajstić information content (AvgIpc) is 2.59. The number of carbonyl (C=O) groups is 1. The van der Waals surface area contributed by atoms with Crippen LogP contribution >= 0.6 is 23.2 Å². The first kappa shape index (κ1) is 19.7. The number of aliphatic hydroxyl groups is 1. The van der Waals surface area contributed by atoms with Gasteiger partial charge in [0.2, 0.25) is 0 Å². The van der Waals surface area contributed by atoms with Gasteiger partial charge in [-0.15, -0.1) is 0 Å². The van der Waals surface area contributed by atoms with Crippen molar-refractivity contribution < 1.29 is 19.4 Å². The summed E-state index contributed by atoms with van der Waals surface area (Å²) in [6.07, 6.45) is 0.708. The fourth-order valence-electron chi connectivity index (χ4n) is 2.38. The number of rotatable bonds is 9. The van der Waals surface area contributed by atoms with Crippen molar-refractivity contribution in [2.45, 2.75) is 12.8 Å². The van der Waals surface area contributed by atoms with E-state index in [0.717, 1.165) is 16.7 Å². The van der Waals surface area contributed by atoms with Gasteiger partial charge in [-0.3, -0.25) is 4.79 Å². The molecule has 134 valence electrons. The normalized spacial score (nSPS) is 10.7. The molecule has 0 fully saturated rings. The second-order valence-corrected chi connectivity index (χ2v) is 6.19. The molecule has 0 bridgehead atoms. The van der Waals surface area contributed by atoms with Gasteiger partial charge in [0.15, 0.2) is 0 Å². The maximum absolute atomic E-state index is 12.0. The van der Waals surface area contributed by atoms with E-state index in [0.29, 0.717) is 16.5 Å². The van der Waals surface area contributed by atoms with E-state index in [2.05, 4.69) is 0 Å². The summed E-state index contributed by atoms with van der Waals surface area (Å²) in [7, 11) is 0. The lowest BCUT2D eigenvalue weighted by molar-refractivity contribution is -0.144. The molecule has 2 aromatic rings. The van der Waals surface area contributed by atoms with Crippen LogP contribution in [-0.4, -0.2) is 37.5 Å². The van der Waals surface area contributed by atoms with Crippen LogP contribution in [0, 0.1) is 0 Å². The Kier molecular flexibility index (Phi) is 8.22. The molecule has 0 aromatic heterocycles. The fourth-order valence-corrected chi connectivity index (χ4v) is 2.91. The van der Waals surface area contributed by atoms with Crippen LogP contribution in [0.15, 0.2) is 42.5 Å². The van der Waals surface area contributed by atoms with E-state index in [9.17, 15) is 4.79 Å². The monoisotopic (exact) mass is 382 g/mol. The molecule has 0 saturated carbocycles. The van der Waals surface area contributed by atoms with Crippen LogP contribution in [0.5, 0.6) is 0 Å². The lowest BCUT2D eigenvalue weighted by Crippen LogP contribution is -2.14. The Balaban J connectivity index is 1.99. The van der Waals surface area contributed by atoms with E-state index in [1.165, 1.54) is 0 Å². The molecule has 2 aromatic carbocycles. The van der Waals surface area contributed by atoms with E-state index in [1.54, 1.807) is 18.2 Å². The Morgan fingerprint density at radius 1 is 0.920 bits per heavy atom. The predicted molar refractivity (Wildman–Crippen MR) is 98.3 cm³/mol. The van der Waals surface area contributed by atoms with Gasteiger partial charge >= 0.3 is 5.97 Å². The first-order chi connectivity index (χ1) is 12.1. The summed E-state index contributed by atoms with van der Waals surface area (Å²) in [6.45, 7) is 0.616. The molecule has 0 radical (unpaired) electrons. The molecule has 0 unspecified atom stereocenters. The minimum Gasteiger partial charge on any atom is -0.463 e. The van der Waals surface area contributed by atoms with Crippen LogP contribution in [-0.2, 0) is 27.1 Å². The minimum atomic E-state index is -0.328. The molecule has 1 N–H and O–H groups in total.